The first kappa shape index (κ1) is 14.8. The Bertz CT molecular complexity index is 643. The predicted octanol–water partition coefficient (Wildman–Crippen LogP) is 2.76. The lowest BCUT2D eigenvalue weighted by Crippen LogP contribution is -2.07. The van der Waals surface area contributed by atoms with Gasteiger partial charge in [0, 0.05) is 19.4 Å². The third-order valence-corrected chi connectivity index (χ3v) is 2.65. The molecule has 0 aliphatic heterocycles. The van der Waals surface area contributed by atoms with Gasteiger partial charge >= 0.3 is 0 Å². The quantitative estimate of drug-likeness (QED) is 0.882. The van der Waals surface area contributed by atoms with E-state index >= 15 is 0 Å². The minimum atomic E-state index is -0.167. The number of amides is 1. The highest BCUT2D eigenvalue weighted by Gasteiger charge is 2.08. The predicted molar refractivity (Wildman–Crippen MR) is 81.3 cm³/mol. The molecule has 1 aromatic carbocycles. The molecular formula is C15H18N4O2. The summed E-state index contributed by atoms with van der Waals surface area (Å²) in [6.45, 7) is 3.48. The van der Waals surface area contributed by atoms with Crippen LogP contribution >= 0.6 is 0 Å². The second-order valence-electron chi connectivity index (χ2n) is 4.58. The summed E-state index contributed by atoms with van der Waals surface area (Å²) in [6, 6.07) is 8.70. The Labute approximate surface area is 123 Å². The Morgan fingerprint density at radius 2 is 2.10 bits per heavy atom. The molecule has 0 fully saturated rings. The molecule has 3 N–H and O–H groups in total. The van der Waals surface area contributed by atoms with Crippen molar-refractivity contribution in [1.82, 2.24) is 9.97 Å². The molecule has 110 valence electrons. The maximum absolute atomic E-state index is 11.2. The molecule has 0 radical (unpaired) electrons. The van der Waals surface area contributed by atoms with E-state index < -0.39 is 0 Å². The number of aryl methyl sites for hydroxylation is 1. The molecule has 0 spiro atoms. The molecule has 0 unspecified atom stereocenters. The number of benzene rings is 1. The van der Waals surface area contributed by atoms with E-state index in [1.807, 2.05) is 19.1 Å². The van der Waals surface area contributed by atoms with Crippen molar-refractivity contribution < 1.29 is 9.53 Å². The monoisotopic (exact) mass is 286 g/mol. The highest BCUT2D eigenvalue weighted by Crippen LogP contribution is 2.28. The Balaban J connectivity index is 2.27. The van der Waals surface area contributed by atoms with Crippen LogP contribution in [0.5, 0.6) is 11.6 Å². The topological polar surface area (TPSA) is 90.1 Å². The van der Waals surface area contributed by atoms with E-state index in [1.165, 1.54) is 6.92 Å². The first-order valence-corrected chi connectivity index (χ1v) is 6.76. The van der Waals surface area contributed by atoms with E-state index in [9.17, 15) is 4.79 Å². The fraction of sp³-hybridized carbons (Fsp3) is 0.267. The van der Waals surface area contributed by atoms with Crippen molar-refractivity contribution in [3.05, 3.63) is 36.2 Å². The van der Waals surface area contributed by atoms with Gasteiger partial charge in [0.1, 0.15) is 11.6 Å². The van der Waals surface area contributed by atoms with Gasteiger partial charge in [-0.25, -0.2) is 4.98 Å². The Hall–Kier alpha value is -2.63. The summed E-state index contributed by atoms with van der Waals surface area (Å²) in [5.41, 5.74) is 6.34. The number of carbonyl (C=O) groups excluding carboxylic acids is 1. The van der Waals surface area contributed by atoms with Crippen molar-refractivity contribution in [1.29, 1.82) is 0 Å². The SMILES string of the molecule is CCCc1nc(N)cc(Oc2ccccc2NC(C)=O)n1. The molecule has 0 saturated carbocycles. The lowest BCUT2D eigenvalue weighted by molar-refractivity contribution is -0.114. The molecule has 21 heavy (non-hydrogen) atoms. The van der Waals surface area contributed by atoms with Gasteiger partial charge < -0.3 is 15.8 Å². The zero-order valence-electron chi connectivity index (χ0n) is 12.1. The summed E-state index contributed by atoms with van der Waals surface area (Å²) in [4.78, 5) is 19.7. The molecule has 6 heteroatoms. The summed E-state index contributed by atoms with van der Waals surface area (Å²) in [6.07, 6.45) is 1.65. The van der Waals surface area contributed by atoms with Crippen LogP contribution < -0.4 is 15.8 Å². The highest BCUT2D eigenvalue weighted by atomic mass is 16.5. The van der Waals surface area contributed by atoms with Crippen LogP contribution in [0.3, 0.4) is 0 Å². The molecule has 1 aromatic heterocycles. The maximum atomic E-state index is 11.2. The number of aromatic nitrogens is 2. The first-order valence-electron chi connectivity index (χ1n) is 6.76. The van der Waals surface area contributed by atoms with E-state index in [0.29, 0.717) is 29.0 Å². The van der Waals surface area contributed by atoms with Gasteiger partial charge in [-0.15, -0.1) is 0 Å². The van der Waals surface area contributed by atoms with Crippen LogP contribution in [0.4, 0.5) is 11.5 Å². The van der Waals surface area contributed by atoms with Crippen LogP contribution in [0.15, 0.2) is 30.3 Å². The number of anilines is 2. The van der Waals surface area contributed by atoms with Crippen molar-refractivity contribution >= 4 is 17.4 Å². The van der Waals surface area contributed by atoms with Crippen molar-refractivity contribution in [3.8, 4) is 11.6 Å². The summed E-state index contributed by atoms with van der Waals surface area (Å²) >= 11 is 0. The van der Waals surface area contributed by atoms with Gasteiger partial charge in [0.05, 0.1) is 5.69 Å². The van der Waals surface area contributed by atoms with Gasteiger partial charge in [-0.2, -0.15) is 4.98 Å². The first-order chi connectivity index (χ1) is 10.1. The molecule has 2 aromatic rings. The highest BCUT2D eigenvalue weighted by molar-refractivity contribution is 5.90. The summed E-state index contributed by atoms with van der Waals surface area (Å²) in [7, 11) is 0. The molecule has 0 aliphatic carbocycles. The molecular weight excluding hydrogens is 268 g/mol. The second-order valence-corrected chi connectivity index (χ2v) is 4.58. The fourth-order valence-corrected chi connectivity index (χ4v) is 1.84. The van der Waals surface area contributed by atoms with E-state index in [2.05, 4.69) is 15.3 Å². The number of ether oxygens (including phenoxy) is 1. The van der Waals surface area contributed by atoms with Crippen molar-refractivity contribution in [2.45, 2.75) is 26.7 Å². The second kappa shape index (κ2) is 6.69. The Kier molecular flexibility index (Phi) is 4.71. The number of carbonyl (C=O) groups is 1. The van der Waals surface area contributed by atoms with Gasteiger partial charge in [0.2, 0.25) is 11.8 Å². The van der Waals surface area contributed by atoms with E-state index in [4.69, 9.17) is 10.5 Å². The minimum absolute atomic E-state index is 0.167. The number of nitrogens with one attached hydrogen (secondary N) is 1. The minimum Gasteiger partial charge on any atom is -0.437 e. The lowest BCUT2D eigenvalue weighted by Gasteiger charge is -2.11. The third-order valence-electron chi connectivity index (χ3n) is 2.65. The Morgan fingerprint density at radius 1 is 1.33 bits per heavy atom. The van der Waals surface area contributed by atoms with Crippen molar-refractivity contribution in [3.63, 3.8) is 0 Å². The molecule has 1 heterocycles. The normalized spacial score (nSPS) is 10.2. The zero-order chi connectivity index (χ0) is 15.2. The van der Waals surface area contributed by atoms with E-state index in [1.54, 1.807) is 18.2 Å². The summed E-state index contributed by atoms with van der Waals surface area (Å²) in [5, 5.41) is 2.71. The molecule has 0 aliphatic rings. The summed E-state index contributed by atoms with van der Waals surface area (Å²) < 4.78 is 5.73. The zero-order valence-corrected chi connectivity index (χ0v) is 12.1. The number of hydrogen-bond donors (Lipinski definition) is 2. The lowest BCUT2D eigenvalue weighted by atomic mass is 10.3. The van der Waals surface area contributed by atoms with E-state index in [-0.39, 0.29) is 5.91 Å². The van der Waals surface area contributed by atoms with Crippen LogP contribution in [-0.2, 0) is 11.2 Å². The number of nitrogens with two attached hydrogens (primary N) is 1. The van der Waals surface area contributed by atoms with Crippen LogP contribution in [0.2, 0.25) is 0 Å². The number of rotatable bonds is 5. The fourth-order valence-electron chi connectivity index (χ4n) is 1.84. The average molecular weight is 286 g/mol. The van der Waals surface area contributed by atoms with Crippen LogP contribution in [0.1, 0.15) is 26.1 Å². The van der Waals surface area contributed by atoms with Gasteiger partial charge in [0.15, 0.2) is 5.75 Å². The number of hydrogen-bond acceptors (Lipinski definition) is 5. The molecule has 6 nitrogen and oxygen atoms in total. The van der Waals surface area contributed by atoms with Gasteiger partial charge in [-0.05, 0) is 18.6 Å². The molecule has 0 saturated heterocycles. The maximum Gasteiger partial charge on any atom is 0.224 e. The van der Waals surface area contributed by atoms with Crippen molar-refractivity contribution in [2.75, 3.05) is 11.1 Å². The number of nitrogens with zero attached hydrogens (tertiary/aromatic N) is 2. The van der Waals surface area contributed by atoms with Crippen LogP contribution in [0.25, 0.3) is 0 Å². The van der Waals surface area contributed by atoms with Gasteiger partial charge in [-0.1, -0.05) is 19.1 Å². The van der Waals surface area contributed by atoms with E-state index in [0.717, 1.165) is 12.8 Å². The largest absolute Gasteiger partial charge is 0.437 e. The standard InChI is InChI=1S/C15H18N4O2/c1-3-6-14-18-13(16)9-15(19-14)21-12-8-5-4-7-11(12)17-10(2)20/h4-5,7-9H,3,6H2,1-2H3,(H,17,20)(H2,16,18,19). The molecule has 1 amide bonds. The smallest absolute Gasteiger partial charge is 0.224 e. The molecule has 2 rings (SSSR count). The van der Waals surface area contributed by atoms with Gasteiger partial charge in [-0.3, -0.25) is 4.79 Å². The van der Waals surface area contributed by atoms with Crippen LogP contribution in [0, 0.1) is 0 Å². The molecule has 0 bridgehead atoms. The number of para-hydroxylation sites is 2. The van der Waals surface area contributed by atoms with Crippen molar-refractivity contribution in [2.24, 2.45) is 0 Å². The Morgan fingerprint density at radius 3 is 2.81 bits per heavy atom. The van der Waals surface area contributed by atoms with Crippen LogP contribution in [-0.4, -0.2) is 15.9 Å². The molecule has 0 atom stereocenters. The van der Waals surface area contributed by atoms with Gasteiger partial charge in [0.25, 0.3) is 0 Å². The summed E-state index contributed by atoms with van der Waals surface area (Å²) in [5.74, 6) is 1.71. The number of nitrogen functional groups attached to an aromatic ring is 1. The third kappa shape index (κ3) is 4.17. The average Bonchev–Trinajstić information content (AvgIpc) is 2.40.